The number of carboxylic acid groups (broad SMARTS) is 1. The summed E-state index contributed by atoms with van der Waals surface area (Å²) in [6.07, 6.45) is 0.366. The van der Waals surface area contributed by atoms with E-state index < -0.39 is 24.6 Å². The minimum Gasteiger partial charge on any atom is -0.481 e. The maximum absolute atomic E-state index is 13.7. The van der Waals surface area contributed by atoms with Gasteiger partial charge < -0.3 is 20.6 Å². The van der Waals surface area contributed by atoms with Gasteiger partial charge in [-0.2, -0.15) is 0 Å². The number of carbonyl (C=O) groups is 1. The summed E-state index contributed by atoms with van der Waals surface area (Å²) >= 11 is 0. The Morgan fingerprint density at radius 3 is 2.49 bits per heavy atom. The zero-order chi connectivity index (χ0) is 25.7. The minimum atomic E-state index is -1.18. The molecule has 1 aromatic carbocycles. The van der Waals surface area contributed by atoms with Crippen LogP contribution in [0.2, 0.25) is 0 Å². The number of nitrogens with zero attached hydrogens (tertiary/aromatic N) is 5. The predicted octanol–water partition coefficient (Wildman–Crippen LogP) is 3.19. The first-order chi connectivity index (χ1) is 16.6. The number of rotatable bonds is 10. The largest absolute Gasteiger partial charge is 0.481 e. The maximum Gasteiger partial charge on any atom is 0.305 e. The number of aliphatic carboxylic acids is 1. The van der Waals surface area contributed by atoms with Crippen molar-refractivity contribution in [2.45, 2.75) is 51.7 Å². The molecule has 0 saturated heterocycles. The fraction of sp³-hybridized carbons (Fsp3) is 0.375. The van der Waals surface area contributed by atoms with E-state index >= 15 is 0 Å². The van der Waals surface area contributed by atoms with Crippen molar-refractivity contribution in [1.82, 2.24) is 25.2 Å². The zero-order valence-electron chi connectivity index (χ0n) is 20.0. The molecule has 4 N–H and O–H groups in total. The Labute approximate surface area is 202 Å². The molecule has 0 amide bonds. The van der Waals surface area contributed by atoms with Gasteiger partial charge in [0.15, 0.2) is 0 Å². The predicted molar refractivity (Wildman–Crippen MR) is 128 cm³/mol. The molecule has 10 nitrogen and oxygen atoms in total. The maximum atomic E-state index is 13.7. The van der Waals surface area contributed by atoms with E-state index in [2.05, 4.69) is 20.8 Å². The van der Waals surface area contributed by atoms with E-state index in [9.17, 15) is 19.4 Å². The second-order valence-electron chi connectivity index (χ2n) is 8.59. The average molecular weight is 485 g/mol. The SMILES string of the molecule is Cc1c(Nc2nnnn2C)nc(C(C)C)c(C=C[C@@H](O)C[C@@H](O)CC(=O)O)c1-c1ccc(F)cc1. The van der Waals surface area contributed by atoms with E-state index in [1.54, 1.807) is 25.3 Å². The van der Waals surface area contributed by atoms with E-state index in [1.165, 1.54) is 22.9 Å². The van der Waals surface area contributed by atoms with Gasteiger partial charge >= 0.3 is 5.97 Å². The lowest BCUT2D eigenvalue weighted by Gasteiger charge is -2.21. The van der Waals surface area contributed by atoms with Gasteiger partial charge in [-0.05, 0) is 46.5 Å². The third kappa shape index (κ3) is 6.46. The van der Waals surface area contributed by atoms with Crippen LogP contribution in [0.5, 0.6) is 0 Å². The molecule has 186 valence electrons. The van der Waals surface area contributed by atoms with Crippen LogP contribution < -0.4 is 5.32 Å². The van der Waals surface area contributed by atoms with Crippen LogP contribution in [0.3, 0.4) is 0 Å². The molecule has 0 bridgehead atoms. The zero-order valence-corrected chi connectivity index (χ0v) is 20.0. The monoisotopic (exact) mass is 484 g/mol. The third-order valence-corrected chi connectivity index (χ3v) is 5.45. The van der Waals surface area contributed by atoms with E-state index in [0.29, 0.717) is 17.5 Å². The van der Waals surface area contributed by atoms with Crippen molar-refractivity contribution in [2.24, 2.45) is 7.05 Å². The smallest absolute Gasteiger partial charge is 0.305 e. The van der Waals surface area contributed by atoms with Gasteiger partial charge in [-0.3, -0.25) is 4.79 Å². The number of carboxylic acids is 1. The topological polar surface area (TPSA) is 146 Å². The molecular formula is C24H29FN6O4. The third-order valence-electron chi connectivity index (χ3n) is 5.45. The van der Waals surface area contributed by atoms with Crippen molar-refractivity contribution in [2.75, 3.05) is 5.32 Å². The molecule has 0 saturated carbocycles. The van der Waals surface area contributed by atoms with Crippen LogP contribution in [-0.2, 0) is 11.8 Å². The number of halogens is 1. The highest BCUT2D eigenvalue weighted by Crippen LogP contribution is 2.37. The Balaban J connectivity index is 2.11. The summed E-state index contributed by atoms with van der Waals surface area (Å²) in [5, 5.41) is 43.7. The van der Waals surface area contributed by atoms with Gasteiger partial charge in [-0.25, -0.2) is 14.1 Å². The lowest BCUT2D eigenvalue weighted by molar-refractivity contribution is -0.139. The molecule has 0 aliphatic heterocycles. The van der Waals surface area contributed by atoms with E-state index in [-0.39, 0.29) is 18.2 Å². The summed E-state index contributed by atoms with van der Waals surface area (Å²) in [5.41, 5.74) is 3.70. The Bertz CT molecular complexity index is 1210. The first-order valence-corrected chi connectivity index (χ1v) is 11.1. The van der Waals surface area contributed by atoms with Crippen molar-refractivity contribution in [3.63, 3.8) is 0 Å². The molecule has 3 rings (SSSR count). The van der Waals surface area contributed by atoms with Crippen LogP contribution in [0, 0.1) is 12.7 Å². The Hall–Kier alpha value is -3.70. The van der Waals surface area contributed by atoms with Gasteiger partial charge in [0.2, 0.25) is 5.95 Å². The van der Waals surface area contributed by atoms with Gasteiger partial charge in [-0.15, -0.1) is 0 Å². The summed E-state index contributed by atoms with van der Waals surface area (Å²) < 4.78 is 15.2. The Morgan fingerprint density at radius 1 is 1.23 bits per heavy atom. The fourth-order valence-corrected chi connectivity index (χ4v) is 3.72. The summed E-state index contributed by atoms with van der Waals surface area (Å²) in [6, 6.07) is 6.07. The molecule has 2 heterocycles. The number of aliphatic hydroxyl groups excluding tert-OH is 2. The standard InChI is InChI=1S/C24H29FN6O4/c1-13(2)22-19(10-9-17(32)11-18(33)12-20(34)35)21(15-5-7-16(25)8-6-15)14(3)23(26-22)27-24-28-29-30-31(24)4/h5-10,13,17-18,32-33H,11-12H2,1-4H3,(H,34,35)(H,26,27,28,30)/t17-,18-/m1/s1. The number of hydrogen-bond donors (Lipinski definition) is 4. The normalized spacial score (nSPS) is 13.4. The molecule has 0 aliphatic rings. The number of aliphatic hydroxyl groups is 2. The number of aromatic nitrogens is 5. The molecule has 3 aromatic rings. The molecule has 0 fully saturated rings. The Morgan fingerprint density at radius 2 is 1.91 bits per heavy atom. The van der Waals surface area contributed by atoms with E-state index in [1.807, 2.05) is 20.8 Å². The molecule has 2 aromatic heterocycles. The average Bonchev–Trinajstić information content (AvgIpc) is 3.18. The second-order valence-corrected chi connectivity index (χ2v) is 8.59. The highest BCUT2D eigenvalue weighted by molar-refractivity contribution is 5.83. The number of benzene rings is 1. The highest BCUT2D eigenvalue weighted by atomic mass is 19.1. The summed E-state index contributed by atoms with van der Waals surface area (Å²) in [5.74, 6) is -0.613. The van der Waals surface area contributed by atoms with Gasteiger partial charge in [0.05, 0.1) is 24.3 Å². The molecule has 0 unspecified atom stereocenters. The molecule has 0 radical (unpaired) electrons. The lowest BCUT2D eigenvalue weighted by atomic mass is 9.90. The number of hydrogen-bond acceptors (Lipinski definition) is 8. The first-order valence-electron chi connectivity index (χ1n) is 11.1. The fourth-order valence-electron chi connectivity index (χ4n) is 3.72. The van der Waals surface area contributed by atoms with Gasteiger partial charge in [0.25, 0.3) is 0 Å². The van der Waals surface area contributed by atoms with Gasteiger partial charge in [0, 0.05) is 24.6 Å². The summed E-state index contributed by atoms with van der Waals surface area (Å²) in [6.45, 7) is 5.82. The van der Waals surface area contributed by atoms with Crippen molar-refractivity contribution in [3.05, 3.63) is 53.0 Å². The molecule has 2 atom stereocenters. The van der Waals surface area contributed by atoms with E-state index in [4.69, 9.17) is 10.1 Å². The molecular weight excluding hydrogens is 455 g/mol. The summed E-state index contributed by atoms with van der Waals surface area (Å²) in [4.78, 5) is 15.6. The van der Waals surface area contributed by atoms with Crippen molar-refractivity contribution in [1.29, 1.82) is 0 Å². The number of anilines is 2. The van der Waals surface area contributed by atoms with Crippen LogP contribution in [0.4, 0.5) is 16.2 Å². The van der Waals surface area contributed by atoms with Crippen molar-refractivity contribution < 1.29 is 24.5 Å². The molecule has 11 heteroatoms. The van der Waals surface area contributed by atoms with Crippen LogP contribution in [0.15, 0.2) is 30.3 Å². The number of aryl methyl sites for hydroxylation is 1. The number of tetrazole rings is 1. The number of pyridine rings is 1. The van der Waals surface area contributed by atoms with Gasteiger partial charge in [-0.1, -0.05) is 43.2 Å². The molecule has 35 heavy (non-hydrogen) atoms. The first kappa shape index (κ1) is 25.9. The second kappa shape index (κ2) is 11.2. The van der Waals surface area contributed by atoms with E-state index in [0.717, 1.165) is 22.3 Å². The van der Waals surface area contributed by atoms with Crippen LogP contribution in [0.1, 0.15) is 49.4 Å². The van der Waals surface area contributed by atoms with Crippen molar-refractivity contribution in [3.8, 4) is 11.1 Å². The summed E-state index contributed by atoms with van der Waals surface area (Å²) in [7, 11) is 1.69. The lowest BCUT2D eigenvalue weighted by Crippen LogP contribution is -2.19. The van der Waals surface area contributed by atoms with Crippen LogP contribution in [-0.4, -0.2) is 58.7 Å². The van der Waals surface area contributed by atoms with Crippen LogP contribution >= 0.6 is 0 Å². The van der Waals surface area contributed by atoms with Gasteiger partial charge in [0.1, 0.15) is 11.6 Å². The molecule has 0 spiro atoms. The van der Waals surface area contributed by atoms with Crippen molar-refractivity contribution >= 4 is 23.8 Å². The highest BCUT2D eigenvalue weighted by Gasteiger charge is 2.21. The molecule has 0 aliphatic carbocycles. The Kier molecular flexibility index (Phi) is 8.26. The quantitative estimate of drug-likeness (QED) is 0.341. The van der Waals surface area contributed by atoms with Crippen LogP contribution in [0.25, 0.3) is 17.2 Å². The number of nitrogens with one attached hydrogen (secondary N) is 1. The minimum absolute atomic E-state index is 0.0256.